The van der Waals surface area contributed by atoms with Crippen molar-refractivity contribution in [3.63, 3.8) is 0 Å². The van der Waals surface area contributed by atoms with Gasteiger partial charge in [0, 0.05) is 25.2 Å². The monoisotopic (exact) mass is 258 g/mol. The molecular weight excluding hydrogens is 236 g/mol. The summed E-state index contributed by atoms with van der Waals surface area (Å²) in [4.78, 5) is 2.39. The minimum atomic E-state index is -0.150. The van der Waals surface area contributed by atoms with Gasteiger partial charge in [0.25, 0.3) is 0 Å². The number of aliphatic hydroxyl groups is 1. The Labute approximate surface area is 115 Å². The molecule has 2 unspecified atom stereocenters. The van der Waals surface area contributed by atoms with Crippen LogP contribution < -0.4 is 5.73 Å². The van der Waals surface area contributed by atoms with E-state index in [1.165, 1.54) is 5.56 Å². The van der Waals surface area contributed by atoms with Crippen molar-refractivity contribution >= 4 is 0 Å². The van der Waals surface area contributed by atoms with E-state index in [4.69, 9.17) is 5.73 Å². The SMILES string of the molecule is CC1CN(Cc2ccccc2C#CCN)CCC1O. The molecule has 2 rings (SSSR count). The lowest BCUT2D eigenvalue weighted by Gasteiger charge is -2.34. The molecule has 1 aromatic carbocycles. The van der Waals surface area contributed by atoms with Crippen LogP contribution >= 0.6 is 0 Å². The number of rotatable bonds is 2. The maximum atomic E-state index is 9.77. The first-order chi connectivity index (χ1) is 9.20. The number of aliphatic hydroxyl groups excluding tert-OH is 1. The second kappa shape index (κ2) is 6.72. The largest absolute Gasteiger partial charge is 0.393 e. The Kier molecular flexibility index (Phi) is 4.98. The molecule has 0 bridgehead atoms. The van der Waals surface area contributed by atoms with Gasteiger partial charge in [-0.25, -0.2) is 0 Å². The lowest BCUT2D eigenvalue weighted by molar-refractivity contribution is 0.0320. The van der Waals surface area contributed by atoms with Crippen molar-refractivity contribution in [2.45, 2.75) is 26.0 Å². The molecule has 2 atom stereocenters. The molecule has 19 heavy (non-hydrogen) atoms. The number of piperidine rings is 1. The van der Waals surface area contributed by atoms with E-state index in [-0.39, 0.29) is 6.10 Å². The number of nitrogens with zero attached hydrogens (tertiary/aromatic N) is 1. The molecule has 1 aliphatic heterocycles. The van der Waals surface area contributed by atoms with Crippen molar-refractivity contribution < 1.29 is 5.11 Å². The van der Waals surface area contributed by atoms with Crippen LogP contribution in [0.1, 0.15) is 24.5 Å². The summed E-state index contributed by atoms with van der Waals surface area (Å²) in [6, 6.07) is 8.22. The van der Waals surface area contributed by atoms with Crippen molar-refractivity contribution in [3.05, 3.63) is 35.4 Å². The lowest BCUT2D eigenvalue weighted by Crippen LogP contribution is -2.41. The third-order valence-electron chi connectivity index (χ3n) is 3.68. The predicted molar refractivity (Wildman–Crippen MR) is 77.4 cm³/mol. The second-order valence-electron chi connectivity index (χ2n) is 5.23. The van der Waals surface area contributed by atoms with Gasteiger partial charge in [0.15, 0.2) is 0 Å². The van der Waals surface area contributed by atoms with Crippen LogP contribution in [0.5, 0.6) is 0 Å². The van der Waals surface area contributed by atoms with Crippen molar-refractivity contribution in [1.82, 2.24) is 4.90 Å². The van der Waals surface area contributed by atoms with Crippen molar-refractivity contribution in [1.29, 1.82) is 0 Å². The average molecular weight is 258 g/mol. The summed E-state index contributed by atoms with van der Waals surface area (Å²) >= 11 is 0. The highest BCUT2D eigenvalue weighted by Gasteiger charge is 2.24. The van der Waals surface area contributed by atoms with E-state index < -0.39 is 0 Å². The Bertz CT molecular complexity index is 475. The van der Waals surface area contributed by atoms with Crippen molar-refractivity contribution in [2.24, 2.45) is 11.7 Å². The maximum absolute atomic E-state index is 9.77. The average Bonchev–Trinajstić information content (AvgIpc) is 2.42. The first kappa shape index (κ1) is 14.1. The van der Waals surface area contributed by atoms with E-state index in [0.29, 0.717) is 12.5 Å². The number of likely N-dealkylation sites (tertiary alicyclic amines) is 1. The highest BCUT2D eigenvalue weighted by molar-refractivity contribution is 5.41. The topological polar surface area (TPSA) is 49.5 Å². The molecule has 1 aromatic rings. The summed E-state index contributed by atoms with van der Waals surface area (Å²) < 4.78 is 0. The fourth-order valence-corrected chi connectivity index (χ4v) is 2.53. The van der Waals surface area contributed by atoms with Crippen molar-refractivity contribution in [2.75, 3.05) is 19.6 Å². The third-order valence-corrected chi connectivity index (χ3v) is 3.68. The fourth-order valence-electron chi connectivity index (χ4n) is 2.53. The quantitative estimate of drug-likeness (QED) is 0.784. The molecule has 0 saturated carbocycles. The van der Waals surface area contributed by atoms with Gasteiger partial charge in [-0.15, -0.1) is 0 Å². The Morgan fingerprint density at radius 3 is 2.95 bits per heavy atom. The van der Waals surface area contributed by atoms with Gasteiger partial charge >= 0.3 is 0 Å². The number of benzene rings is 1. The highest BCUT2D eigenvalue weighted by Crippen LogP contribution is 2.19. The molecule has 1 fully saturated rings. The van der Waals surface area contributed by atoms with Gasteiger partial charge < -0.3 is 10.8 Å². The minimum absolute atomic E-state index is 0.150. The van der Waals surface area contributed by atoms with Gasteiger partial charge in [-0.3, -0.25) is 4.90 Å². The predicted octanol–water partition coefficient (Wildman–Crippen LogP) is 1.20. The molecule has 0 amide bonds. The molecule has 0 aromatic heterocycles. The fraction of sp³-hybridized carbons (Fsp3) is 0.500. The molecule has 102 valence electrons. The zero-order valence-corrected chi connectivity index (χ0v) is 11.5. The summed E-state index contributed by atoms with van der Waals surface area (Å²) in [5.74, 6) is 6.39. The Balaban J connectivity index is 2.07. The zero-order valence-electron chi connectivity index (χ0n) is 11.5. The third kappa shape index (κ3) is 3.81. The van der Waals surface area contributed by atoms with Crippen LogP contribution in [0.2, 0.25) is 0 Å². The summed E-state index contributed by atoms with van der Waals surface area (Å²) in [6.45, 7) is 5.29. The van der Waals surface area contributed by atoms with E-state index in [0.717, 1.165) is 31.6 Å². The van der Waals surface area contributed by atoms with Gasteiger partial charge in [-0.2, -0.15) is 0 Å². The summed E-state index contributed by atoms with van der Waals surface area (Å²) in [5.41, 5.74) is 7.74. The molecule has 0 spiro atoms. The van der Waals surface area contributed by atoms with Gasteiger partial charge in [-0.1, -0.05) is 37.0 Å². The Hall–Kier alpha value is -1.34. The van der Waals surface area contributed by atoms with Crippen LogP contribution in [0.15, 0.2) is 24.3 Å². The van der Waals surface area contributed by atoms with Crippen molar-refractivity contribution in [3.8, 4) is 11.8 Å². The van der Waals surface area contributed by atoms with Crippen LogP contribution in [0.25, 0.3) is 0 Å². The summed E-state index contributed by atoms with van der Waals surface area (Å²) in [6.07, 6.45) is 0.709. The molecule has 3 N–H and O–H groups in total. The molecular formula is C16H22N2O. The standard InChI is InChI=1S/C16H22N2O/c1-13-11-18(10-8-16(13)19)12-15-6-3-2-5-14(15)7-4-9-17/h2-3,5-6,13,16,19H,8-12,17H2,1H3. The second-order valence-corrected chi connectivity index (χ2v) is 5.23. The van der Waals surface area contributed by atoms with Gasteiger partial charge in [0.2, 0.25) is 0 Å². The van der Waals surface area contributed by atoms with Crippen LogP contribution in [0.4, 0.5) is 0 Å². The normalized spacial score (nSPS) is 23.7. The molecule has 0 radical (unpaired) electrons. The van der Waals surface area contributed by atoms with Gasteiger partial charge in [0.1, 0.15) is 0 Å². The van der Waals surface area contributed by atoms with E-state index in [1.807, 2.05) is 18.2 Å². The number of hydrogen-bond donors (Lipinski definition) is 2. The molecule has 1 heterocycles. The summed E-state index contributed by atoms with van der Waals surface area (Å²) in [5, 5.41) is 9.77. The maximum Gasteiger partial charge on any atom is 0.0590 e. The molecule has 1 aliphatic rings. The first-order valence-corrected chi connectivity index (χ1v) is 6.88. The van der Waals surface area contributed by atoms with Crippen LogP contribution in [-0.4, -0.2) is 35.7 Å². The van der Waals surface area contributed by atoms with Gasteiger partial charge in [-0.05, 0) is 24.0 Å². The molecule has 1 saturated heterocycles. The summed E-state index contributed by atoms with van der Waals surface area (Å²) in [7, 11) is 0. The van der Waals surface area contributed by atoms with Crippen LogP contribution in [0, 0.1) is 17.8 Å². The minimum Gasteiger partial charge on any atom is -0.393 e. The Morgan fingerprint density at radius 2 is 2.21 bits per heavy atom. The van der Waals surface area contributed by atoms with E-state index in [2.05, 4.69) is 29.7 Å². The van der Waals surface area contributed by atoms with Gasteiger partial charge in [0.05, 0.1) is 12.6 Å². The smallest absolute Gasteiger partial charge is 0.0590 e. The Morgan fingerprint density at radius 1 is 1.42 bits per heavy atom. The number of nitrogens with two attached hydrogens (primary N) is 1. The van der Waals surface area contributed by atoms with E-state index in [9.17, 15) is 5.11 Å². The molecule has 3 heteroatoms. The van der Waals surface area contributed by atoms with E-state index in [1.54, 1.807) is 0 Å². The molecule has 3 nitrogen and oxygen atoms in total. The van der Waals surface area contributed by atoms with Crippen LogP contribution in [0.3, 0.4) is 0 Å². The lowest BCUT2D eigenvalue weighted by atomic mass is 9.96. The highest BCUT2D eigenvalue weighted by atomic mass is 16.3. The number of hydrogen-bond acceptors (Lipinski definition) is 3. The molecule has 0 aliphatic carbocycles. The van der Waals surface area contributed by atoms with E-state index >= 15 is 0 Å². The van der Waals surface area contributed by atoms with Crippen LogP contribution in [-0.2, 0) is 6.54 Å². The zero-order chi connectivity index (χ0) is 13.7. The first-order valence-electron chi connectivity index (χ1n) is 6.88.